The van der Waals surface area contributed by atoms with Gasteiger partial charge in [-0.25, -0.2) is 9.97 Å². The number of hydrogen-bond acceptors (Lipinski definition) is 5. The lowest BCUT2D eigenvalue weighted by Crippen LogP contribution is -2.40. The third-order valence-corrected chi connectivity index (χ3v) is 3.78. The Balaban J connectivity index is 2.20. The molecule has 1 aliphatic heterocycles. The molecule has 0 bridgehead atoms. The van der Waals surface area contributed by atoms with Crippen molar-refractivity contribution in [2.75, 3.05) is 24.3 Å². The van der Waals surface area contributed by atoms with Crippen LogP contribution in [-0.2, 0) is 11.2 Å². The van der Waals surface area contributed by atoms with Crippen LogP contribution < -0.4 is 10.6 Å². The Morgan fingerprint density at radius 2 is 2.00 bits per heavy atom. The van der Waals surface area contributed by atoms with Gasteiger partial charge in [0.1, 0.15) is 17.5 Å². The van der Waals surface area contributed by atoms with Crippen molar-refractivity contribution in [1.82, 2.24) is 9.97 Å². The average molecular weight is 278 g/mol. The van der Waals surface area contributed by atoms with E-state index < -0.39 is 0 Å². The Bertz CT molecular complexity index is 473. The maximum Gasteiger partial charge on any atom is 0.134 e. The molecule has 0 spiro atoms. The maximum atomic E-state index is 5.77. The van der Waals surface area contributed by atoms with Crippen molar-refractivity contribution >= 4 is 11.6 Å². The zero-order chi connectivity index (χ0) is 14.8. The van der Waals surface area contributed by atoms with Crippen molar-refractivity contribution in [3.63, 3.8) is 0 Å². The van der Waals surface area contributed by atoms with Crippen molar-refractivity contribution in [3.8, 4) is 0 Å². The average Bonchev–Trinajstić information content (AvgIpc) is 2.40. The van der Waals surface area contributed by atoms with Crippen LogP contribution in [0.3, 0.4) is 0 Å². The molecule has 0 radical (unpaired) electrons. The normalized spacial score (nSPS) is 21.6. The molecular weight excluding hydrogens is 252 g/mol. The number of aromatic nitrogens is 2. The summed E-state index contributed by atoms with van der Waals surface area (Å²) in [6.45, 7) is 9.21. The van der Waals surface area contributed by atoms with Crippen molar-refractivity contribution in [3.05, 3.63) is 11.4 Å². The zero-order valence-electron chi connectivity index (χ0n) is 13.2. The number of aryl methyl sites for hydroxylation is 1. The zero-order valence-corrected chi connectivity index (χ0v) is 13.2. The fraction of sp³-hybridized carbons (Fsp3) is 0.733. The summed E-state index contributed by atoms with van der Waals surface area (Å²) in [5.74, 6) is 2.73. The van der Waals surface area contributed by atoms with E-state index in [1.54, 1.807) is 0 Å². The second kappa shape index (κ2) is 5.95. The van der Waals surface area contributed by atoms with Gasteiger partial charge in [0.2, 0.25) is 0 Å². The Hall–Kier alpha value is -1.36. The van der Waals surface area contributed by atoms with Crippen molar-refractivity contribution < 1.29 is 4.74 Å². The molecule has 1 fully saturated rings. The molecule has 0 aliphatic carbocycles. The summed E-state index contributed by atoms with van der Waals surface area (Å²) in [4.78, 5) is 9.14. The Morgan fingerprint density at radius 1 is 1.30 bits per heavy atom. The minimum absolute atomic E-state index is 0.0593. The van der Waals surface area contributed by atoms with Gasteiger partial charge in [-0.2, -0.15) is 0 Å². The fourth-order valence-corrected chi connectivity index (χ4v) is 2.65. The predicted molar refractivity (Wildman–Crippen MR) is 82.4 cm³/mol. The van der Waals surface area contributed by atoms with Crippen LogP contribution in [-0.4, -0.2) is 35.3 Å². The van der Waals surface area contributed by atoms with Gasteiger partial charge in [-0.05, 0) is 33.6 Å². The lowest BCUT2D eigenvalue weighted by molar-refractivity contribution is -0.0553. The van der Waals surface area contributed by atoms with E-state index in [1.165, 1.54) is 0 Å². The van der Waals surface area contributed by atoms with E-state index >= 15 is 0 Å². The Kier molecular flexibility index (Phi) is 4.48. The second-order valence-corrected chi connectivity index (χ2v) is 6.01. The highest BCUT2D eigenvalue weighted by molar-refractivity contribution is 5.57. The Morgan fingerprint density at radius 3 is 2.60 bits per heavy atom. The highest BCUT2D eigenvalue weighted by Gasteiger charge is 2.29. The molecule has 1 aromatic rings. The van der Waals surface area contributed by atoms with Gasteiger partial charge in [0.25, 0.3) is 0 Å². The largest absolute Gasteiger partial charge is 0.375 e. The SMILES string of the molecule is CCc1nc(NC)c(C)c(NC2CCOC(C)(C)C2)n1. The molecule has 1 aromatic heterocycles. The van der Waals surface area contributed by atoms with E-state index in [4.69, 9.17) is 4.74 Å². The standard InChI is InChI=1S/C15H26N4O/c1-6-12-18-13(16-5)10(2)14(19-12)17-11-7-8-20-15(3,4)9-11/h11H,6-9H2,1-5H3,(H2,16,17,18,19). The van der Waals surface area contributed by atoms with Crippen LogP contribution in [0.15, 0.2) is 0 Å². The monoisotopic (exact) mass is 278 g/mol. The third-order valence-electron chi connectivity index (χ3n) is 3.78. The fourth-order valence-electron chi connectivity index (χ4n) is 2.65. The summed E-state index contributed by atoms with van der Waals surface area (Å²) < 4.78 is 5.77. The predicted octanol–water partition coefficient (Wildman–Crippen LogP) is 2.76. The van der Waals surface area contributed by atoms with Crippen LogP contribution in [0.1, 0.15) is 45.0 Å². The van der Waals surface area contributed by atoms with E-state index in [9.17, 15) is 0 Å². The molecule has 2 N–H and O–H groups in total. The number of nitrogens with one attached hydrogen (secondary N) is 2. The highest BCUT2D eigenvalue weighted by atomic mass is 16.5. The minimum Gasteiger partial charge on any atom is -0.375 e. The summed E-state index contributed by atoms with van der Waals surface area (Å²) in [5.41, 5.74) is 1.02. The van der Waals surface area contributed by atoms with E-state index in [0.717, 1.165) is 48.9 Å². The molecule has 5 nitrogen and oxygen atoms in total. The molecule has 1 atom stereocenters. The van der Waals surface area contributed by atoms with Gasteiger partial charge in [-0.3, -0.25) is 0 Å². The Labute approximate surface area is 121 Å². The molecule has 0 aromatic carbocycles. The summed E-state index contributed by atoms with van der Waals surface area (Å²) in [5, 5.41) is 6.73. The molecule has 1 aliphatic rings. The van der Waals surface area contributed by atoms with Crippen molar-refractivity contribution in [2.24, 2.45) is 0 Å². The number of ether oxygens (including phenoxy) is 1. The summed E-state index contributed by atoms with van der Waals surface area (Å²) >= 11 is 0. The van der Waals surface area contributed by atoms with Crippen molar-refractivity contribution in [2.45, 2.75) is 58.6 Å². The van der Waals surface area contributed by atoms with Gasteiger partial charge in [0.05, 0.1) is 5.60 Å². The lowest BCUT2D eigenvalue weighted by atomic mass is 9.94. The maximum absolute atomic E-state index is 5.77. The van der Waals surface area contributed by atoms with E-state index in [0.29, 0.717) is 6.04 Å². The number of nitrogens with zero attached hydrogens (tertiary/aromatic N) is 2. The van der Waals surface area contributed by atoms with Crippen molar-refractivity contribution in [1.29, 1.82) is 0 Å². The van der Waals surface area contributed by atoms with Crippen LogP contribution in [0.25, 0.3) is 0 Å². The first-order chi connectivity index (χ1) is 9.45. The first-order valence-corrected chi connectivity index (χ1v) is 7.41. The van der Waals surface area contributed by atoms with Gasteiger partial charge < -0.3 is 15.4 Å². The van der Waals surface area contributed by atoms with E-state index in [1.807, 2.05) is 7.05 Å². The second-order valence-electron chi connectivity index (χ2n) is 6.01. The highest BCUT2D eigenvalue weighted by Crippen LogP contribution is 2.28. The topological polar surface area (TPSA) is 59.1 Å². The minimum atomic E-state index is -0.0593. The van der Waals surface area contributed by atoms with Crippen LogP contribution >= 0.6 is 0 Å². The summed E-state index contributed by atoms with van der Waals surface area (Å²) in [6.07, 6.45) is 2.85. The molecule has 1 unspecified atom stereocenters. The molecule has 112 valence electrons. The van der Waals surface area contributed by atoms with Crippen LogP contribution in [0.2, 0.25) is 0 Å². The molecule has 0 saturated carbocycles. The van der Waals surface area contributed by atoms with Gasteiger partial charge in [0.15, 0.2) is 0 Å². The van der Waals surface area contributed by atoms with Gasteiger partial charge in [-0.15, -0.1) is 0 Å². The van der Waals surface area contributed by atoms with Crippen LogP contribution in [0.5, 0.6) is 0 Å². The van der Waals surface area contributed by atoms with Gasteiger partial charge >= 0.3 is 0 Å². The molecule has 20 heavy (non-hydrogen) atoms. The molecule has 2 rings (SSSR count). The molecule has 2 heterocycles. The quantitative estimate of drug-likeness (QED) is 0.887. The first kappa shape index (κ1) is 15.0. The van der Waals surface area contributed by atoms with E-state index in [-0.39, 0.29) is 5.60 Å². The molecule has 5 heteroatoms. The number of hydrogen-bond donors (Lipinski definition) is 2. The number of anilines is 2. The number of rotatable bonds is 4. The molecule has 1 saturated heterocycles. The summed E-state index contributed by atoms with van der Waals surface area (Å²) in [7, 11) is 1.90. The first-order valence-electron chi connectivity index (χ1n) is 7.41. The van der Waals surface area contributed by atoms with Crippen LogP contribution in [0.4, 0.5) is 11.6 Å². The van der Waals surface area contributed by atoms with Gasteiger partial charge in [-0.1, -0.05) is 6.92 Å². The van der Waals surface area contributed by atoms with E-state index in [2.05, 4.69) is 48.3 Å². The third kappa shape index (κ3) is 3.39. The lowest BCUT2D eigenvalue weighted by Gasteiger charge is -2.36. The van der Waals surface area contributed by atoms with Crippen LogP contribution in [0, 0.1) is 6.92 Å². The summed E-state index contributed by atoms with van der Waals surface area (Å²) in [6, 6.07) is 0.404. The molecular formula is C15H26N4O. The smallest absolute Gasteiger partial charge is 0.134 e. The molecule has 0 amide bonds. The van der Waals surface area contributed by atoms with Gasteiger partial charge in [0, 0.05) is 31.7 Å².